The van der Waals surface area contributed by atoms with E-state index in [0.29, 0.717) is 6.61 Å². The summed E-state index contributed by atoms with van der Waals surface area (Å²) in [4.78, 5) is 10.4. The van der Waals surface area contributed by atoms with Crippen LogP contribution in [0, 0.1) is 5.41 Å². The second-order valence-corrected chi connectivity index (χ2v) is 6.17. The van der Waals surface area contributed by atoms with Gasteiger partial charge in [0.1, 0.15) is 0 Å². The molecule has 3 heteroatoms. The van der Waals surface area contributed by atoms with Crippen LogP contribution in [0.4, 0.5) is 0 Å². The lowest BCUT2D eigenvalue weighted by Gasteiger charge is -2.30. The fourth-order valence-corrected chi connectivity index (χ4v) is 2.06. The summed E-state index contributed by atoms with van der Waals surface area (Å²) in [5, 5.41) is 0. The molecule has 0 N–H and O–H groups in total. The van der Waals surface area contributed by atoms with Gasteiger partial charge in [-0.1, -0.05) is 13.8 Å². The van der Waals surface area contributed by atoms with Gasteiger partial charge < -0.3 is 4.74 Å². The van der Waals surface area contributed by atoms with Crippen molar-refractivity contribution in [3.8, 4) is 0 Å². The lowest BCUT2D eigenvalue weighted by Crippen LogP contribution is -2.25. The summed E-state index contributed by atoms with van der Waals surface area (Å²) in [5.74, 6) is -0.217. The van der Waals surface area contributed by atoms with Crippen molar-refractivity contribution in [1.82, 2.24) is 0 Å². The molecule has 0 saturated heterocycles. The molecule has 0 fully saturated rings. The lowest BCUT2D eigenvalue weighted by molar-refractivity contribution is -0.141. The van der Waals surface area contributed by atoms with Crippen molar-refractivity contribution in [3.05, 3.63) is 0 Å². The van der Waals surface area contributed by atoms with E-state index in [0.717, 1.165) is 12.8 Å². The molecule has 0 spiro atoms. The third-order valence-corrected chi connectivity index (χ3v) is 2.12. The highest BCUT2D eigenvalue weighted by Crippen LogP contribution is 2.34. The number of halogens is 1. The Balaban J connectivity index is 3.89. The topological polar surface area (TPSA) is 26.3 Å². The van der Waals surface area contributed by atoms with Gasteiger partial charge in [0.15, 0.2) is 0 Å². The predicted molar refractivity (Wildman–Crippen MR) is 59.6 cm³/mol. The summed E-state index contributed by atoms with van der Waals surface area (Å²) in [6.07, 6.45) is 1.76. The summed E-state index contributed by atoms with van der Waals surface area (Å²) >= 11 is 6.15. The van der Waals surface area contributed by atoms with E-state index in [1.54, 1.807) is 0 Å². The predicted octanol–water partition coefficient (Wildman–Crippen LogP) is 3.37. The van der Waals surface area contributed by atoms with Crippen LogP contribution in [0.1, 0.15) is 47.5 Å². The molecule has 0 aromatic heterocycles. The summed E-state index contributed by atoms with van der Waals surface area (Å²) < 4.78 is 4.91. The van der Waals surface area contributed by atoms with Gasteiger partial charge in [-0.2, -0.15) is 0 Å². The Labute approximate surface area is 92.0 Å². The average molecular weight is 221 g/mol. The van der Waals surface area contributed by atoms with E-state index in [1.807, 2.05) is 13.8 Å². The van der Waals surface area contributed by atoms with Gasteiger partial charge in [0, 0.05) is 11.8 Å². The number of rotatable bonds is 5. The van der Waals surface area contributed by atoms with Crippen LogP contribution >= 0.6 is 11.6 Å². The van der Waals surface area contributed by atoms with Gasteiger partial charge in [-0.25, -0.2) is 0 Å². The van der Waals surface area contributed by atoms with Crippen molar-refractivity contribution in [3.63, 3.8) is 0 Å². The molecule has 0 atom stereocenters. The Bertz CT molecular complexity index is 192. The molecular weight excluding hydrogens is 200 g/mol. The van der Waals surface area contributed by atoms with Crippen molar-refractivity contribution < 1.29 is 9.53 Å². The van der Waals surface area contributed by atoms with Gasteiger partial charge in [0.25, 0.3) is 0 Å². The number of carbonyl (C=O) groups excluding carboxylic acids is 1. The van der Waals surface area contributed by atoms with Crippen LogP contribution in [0.25, 0.3) is 0 Å². The molecule has 0 saturated carbocycles. The molecule has 0 heterocycles. The largest absolute Gasteiger partial charge is 0.466 e. The molecular formula is C11H21ClO2. The first-order valence-electron chi connectivity index (χ1n) is 4.95. The maximum atomic E-state index is 10.6. The second-order valence-electron chi connectivity index (χ2n) is 5.15. The van der Waals surface area contributed by atoms with E-state index in [4.69, 9.17) is 16.3 Å². The van der Waals surface area contributed by atoms with Crippen LogP contribution < -0.4 is 0 Å². The third-order valence-electron chi connectivity index (χ3n) is 1.98. The zero-order chi connectivity index (χ0) is 11.4. The monoisotopic (exact) mass is 220 g/mol. The van der Waals surface area contributed by atoms with Crippen molar-refractivity contribution in [2.24, 2.45) is 5.41 Å². The number of hydrogen-bond acceptors (Lipinski definition) is 2. The Hall–Kier alpha value is -0.240. The van der Waals surface area contributed by atoms with Crippen LogP contribution in [-0.2, 0) is 9.53 Å². The van der Waals surface area contributed by atoms with Gasteiger partial charge in [-0.15, -0.1) is 11.6 Å². The minimum absolute atomic E-state index is 0.112. The quantitative estimate of drug-likeness (QED) is 0.525. The van der Waals surface area contributed by atoms with Crippen molar-refractivity contribution >= 4 is 17.6 Å². The minimum atomic E-state index is -0.217. The first-order chi connectivity index (χ1) is 6.12. The molecule has 0 rings (SSSR count). The van der Waals surface area contributed by atoms with Crippen LogP contribution in [0.2, 0.25) is 0 Å². The zero-order valence-corrected chi connectivity index (χ0v) is 10.6. The number of carbonyl (C=O) groups is 1. The molecule has 0 radical (unpaired) electrons. The van der Waals surface area contributed by atoms with Crippen molar-refractivity contribution in [1.29, 1.82) is 0 Å². The summed E-state index contributed by atoms with van der Waals surface area (Å²) in [7, 11) is 0. The van der Waals surface area contributed by atoms with Crippen LogP contribution in [0.5, 0.6) is 0 Å². The number of ether oxygens (including phenoxy) is 1. The normalized spacial score (nSPS) is 12.7. The van der Waals surface area contributed by atoms with Gasteiger partial charge in [-0.3, -0.25) is 4.79 Å². The van der Waals surface area contributed by atoms with Gasteiger partial charge in [0.05, 0.1) is 6.61 Å². The maximum Gasteiger partial charge on any atom is 0.302 e. The Morgan fingerprint density at radius 3 is 2.14 bits per heavy atom. The fourth-order valence-electron chi connectivity index (χ4n) is 1.70. The Kier molecular flexibility index (Phi) is 4.93. The van der Waals surface area contributed by atoms with E-state index in [-0.39, 0.29) is 16.3 Å². The molecule has 0 aliphatic heterocycles. The van der Waals surface area contributed by atoms with E-state index in [2.05, 4.69) is 13.8 Å². The van der Waals surface area contributed by atoms with Crippen LogP contribution in [-0.4, -0.2) is 17.5 Å². The highest BCUT2D eigenvalue weighted by molar-refractivity contribution is 6.23. The second kappa shape index (κ2) is 5.01. The molecule has 0 aromatic carbocycles. The summed E-state index contributed by atoms with van der Waals surface area (Å²) in [5.41, 5.74) is 0.112. The third kappa shape index (κ3) is 8.36. The van der Waals surface area contributed by atoms with Crippen LogP contribution in [0.3, 0.4) is 0 Å². The standard InChI is InChI=1S/C11H21ClO2/c1-9(13)14-7-6-10(2,3)8-11(4,5)12/h6-8H2,1-5H3. The smallest absolute Gasteiger partial charge is 0.302 e. The number of hydrogen-bond donors (Lipinski definition) is 0. The molecule has 0 aromatic rings. The highest BCUT2D eigenvalue weighted by Gasteiger charge is 2.26. The summed E-state index contributed by atoms with van der Waals surface area (Å²) in [6.45, 7) is 10.2. The summed E-state index contributed by atoms with van der Waals surface area (Å²) in [6, 6.07) is 0. The SMILES string of the molecule is CC(=O)OCCC(C)(C)CC(C)(C)Cl. The van der Waals surface area contributed by atoms with Crippen molar-refractivity contribution in [2.75, 3.05) is 6.61 Å². The molecule has 0 aliphatic rings. The Morgan fingerprint density at radius 2 is 1.79 bits per heavy atom. The molecule has 0 unspecified atom stereocenters. The number of esters is 1. The van der Waals surface area contributed by atoms with E-state index in [1.165, 1.54) is 6.92 Å². The first-order valence-corrected chi connectivity index (χ1v) is 5.32. The fraction of sp³-hybridized carbons (Fsp3) is 0.909. The average Bonchev–Trinajstić information content (AvgIpc) is 1.78. The van der Waals surface area contributed by atoms with Gasteiger partial charge >= 0.3 is 5.97 Å². The highest BCUT2D eigenvalue weighted by atomic mass is 35.5. The molecule has 0 amide bonds. The molecule has 0 bridgehead atoms. The zero-order valence-electron chi connectivity index (χ0n) is 9.82. The molecule has 14 heavy (non-hydrogen) atoms. The van der Waals surface area contributed by atoms with E-state index < -0.39 is 0 Å². The maximum absolute atomic E-state index is 10.6. The molecule has 0 aliphatic carbocycles. The van der Waals surface area contributed by atoms with E-state index >= 15 is 0 Å². The number of alkyl halides is 1. The Morgan fingerprint density at radius 1 is 1.29 bits per heavy atom. The van der Waals surface area contributed by atoms with Crippen LogP contribution in [0.15, 0.2) is 0 Å². The van der Waals surface area contributed by atoms with E-state index in [9.17, 15) is 4.79 Å². The van der Waals surface area contributed by atoms with Crippen molar-refractivity contribution in [2.45, 2.75) is 52.3 Å². The molecule has 84 valence electrons. The van der Waals surface area contributed by atoms with Gasteiger partial charge in [-0.05, 0) is 32.1 Å². The lowest BCUT2D eigenvalue weighted by atomic mass is 9.81. The molecule has 2 nitrogen and oxygen atoms in total. The first kappa shape index (κ1) is 13.8. The minimum Gasteiger partial charge on any atom is -0.466 e. The van der Waals surface area contributed by atoms with Gasteiger partial charge in [0.2, 0.25) is 0 Å².